The maximum absolute atomic E-state index is 6.03. The molecule has 0 saturated carbocycles. The van der Waals surface area contributed by atoms with Gasteiger partial charge in [0.05, 0.1) is 24.4 Å². The van der Waals surface area contributed by atoms with Crippen molar-refractivity contribution in [3.8, 4) is 5.75 Å². The van der Waals surface area contributed by atoms with Crippen LogP contribution < -0.4 is 15.8 Å². The molecular formula is C14H15ClN4O. The first-order valence-corrected chi connectivity index (χ1v) is 6.37. The number of hydrogen-bond donors (Lipinski definition) is 2. The van der Waals surface area contributed by atoms with Crippen molar-refractivity contribution in [1.82, 2.24) is 4.98 Å². The molecule has 0 aliphatic rings. The summed E-state index contributed by atoms with van der Waals surface area (Å²) in [4.78, 5) is 8.37. The molecule has 6 heteroatoms. The number of pyridine rings is 1. The summed E-state index contributed by atoms with van der Waals surface area (Å²) < 4.78 is 5.08. The van der Waals surface area contributed by atoms with Crippen LogP contribution in [0.2, 0.25) is 5.02 Å². The first-order chi connectivity index (χ1) is 9.69. The summed E-state index contributed by atoms with van der Waals surface area (Å²) in [6.07, 6.45) is 1.72. The quantitative estimate of drug-likeness (QED) is 0.671. The Hall–Kier alpha value is -2.27. The van der Waals surface area contributed by atoms with Gasteiger partial charge < -0.3 is 15.8 Å². The molecule has 20 heavy (non-hydrogen) atoms. The van der Waals surface area contributed by atoms with Crippen molar-refractivity contribution in [2.45, 2.75) is 6.54 Å². The number of nitrogens with zero attached hydrogens (tertiary/aromatic N) is 2. The standard InChI is InChI=1S/C14H15ClN4O/c1-20-13-6-5-10(8-12(13)15)19-14(16)18-9-11-4-2-3-7-17-11/h2-8H,9H2,1H3,(H3,16,18,19). The molecule has 104 valence electrons. The van der Waals surface area contributed by atoms with E-state index in [1.165, 1.54) is 0 Å². The second-order valence-corrected chi connectivity index (χ2v) is 4.40. The van der Waals surface area contributed by atoms with Crippen LogP contribution >= 0.6 is 11.6 Å². The van der Waals surface area contributed by atoms with E-state index in [0.717, 1.165) is 11.4 Å². The van der Waals surface area contributed by atoms with E-state index in [1.54, 1.807) is 25.4 Å². The van der Waals surface area contributed by atoms with Crippen LogP contribution in [0.1, 0.15) is 5.69 Å². The summed E-state index contributed by atoms with van der Waals surface area (Å²) in [6, 6.07) is 11.0. The Kier molecular flexibility index (Phi) is 4.79. The average Bonchev–Trinajstić information content (AvgIpc) is 2.46. The van der Waals surface area contributed by atoms with Crippen LogP contribution in [0.15, 0.2) is 47.6 Å². The third-order valence-corrected chi connectivity index (χ3v) is 2.86. The van der Waals surface area contributed by atoms with E-state index in [2.05, 4.69) is 15.3 Å². The number of hydrogen-bond acceptors (Lipinski definition) is 3. The highest BCUT2D eigenvalue weighted by atomic mass is 35.5. The fourth-order valence-corrected chi connectivity index (χ4v) is 1.85. The SMILES string of the molecule is COc1ccc(NC(N)=NCc2ccccn2)cc1Cl. The minimum Gasteiger partial charge on any atom is -0.495 e. The number of ether oxygens (including phenoxy) is 1. The summed E-state index contributed by atoms with van der Waals surface area (Å²) in [5, 5.41) is 3.47. The molecule has 2 aromatic rings. The number of aromatic nitrogens is 1. The number of methoxy groups -OCH3 is 1. The van der Waals surface area contributed by atoms with E-state index < -0.39 is 0 Å². The fraction of sp³-hybridized carbons (Fsp3) is 0.143. The summed E-state index contributed by atoms with van der Waals surface area (Å²) in [5.41, 5.74) is 7.41. The second-order valence-electron chi connectivity index (χ2n) is 4.00. The molecule has 0 bridgehead atoms. The summed E-state index contributed by atoms with van der Waals surface area (Å²) >= 11 is 6.03. The zero-order chi connectivity index (χ0) is 14.4. The number of guanidine groups is 1. The molecule has 0 amide bonds. The number of halogens is 1. The Balaban J connectivity index is 2.00. The molecule has 0 spiro atoms. The highest BCUT2D eigenvalue weighted by molar-refractivity contribution is 6.32. The van der Waals surface area contributed by atoms with E-state index in [-0.39, 0.29) is 0 Å². The topological polar surface area (TPSA) is 72.5 Å². The minimum absolute atomic E-state index is 0.303. The molecule has 1 aromatic heterocycles. The number of nitrogens with one attached hydrogen (secondary N) is 1. The van der Waals surface area contributed by atoms with Gasteiger partial charge in [0.2, 0.25) is 0 Å². The molecule has 0 aliphatic heterocycles. The molecule has 3 N–H and O–H groups in total. The third kappa shape index (κ3) is 3.86. The monoisotopic (exact) mass is 290 g/mol. The van der Waals surface area contributed by atoms with Gasteiger partial charge in [-0.15, -0.1) is 0 Å². The second kappa shape index (κ2) is 6.77. The normalized spacial score (nSPS) is 11.2. The van der Waals surface area contributed by atoms with Crippen LogP contribution in [0, 0.1) is 0 Å². The Morgan fingerprint density at radius 1 is 1.40 bits per heavy atom. The first-order valence-electron chi connectivity index (χ1n) is 5.99. The molecule has 5 nitrogen and oxygen atoms in total. The Morgan fingerprint density at radius 3 is 2.90 bits per heavy atom. The van der Waals surface area contributed by atoms with Crippen LogP contribution in [-0.4, -0.2) is 18.1 Å². The fourth-order valence-electron chi connectivity index (χ4n) is 1.59. The largest absolute Gasteiger partial charge is 0.495 e. The van der Waals surface area contributed by atoms with Gasteiger partial charge >= 0.3 is 0 Å². The molecular weight excluding hydrogens is 276 g/mol. The van der Waals surface area contributed by atoms with Crippen molar-refractivity contribution in [3.63, 3.8) is 0 Å². The maximum Gasteiger partial charge on any atom is 0.193 e. The molecule has 0 fully saturated rings. The number of aliphatic imine (C=N–C) groups is 1. The zero-order valence-electron chi connectivity index (χ0n) is 11.0. The molecule has 0 saturated heterocycles. The number of benzene rings is 1. The van der Waals surface area contributed by atoms with Gasteiger partial charge in [-0.1, -0.05) is 17.7 Å². The van der Waals surface area contributed by atoms with E-state index in [1.807, 2.05) is 24.3 Å². The van der Waals surface area contributed by atoms with Crippen LogP contribution in [0.5, 0.6) is 5.75 Å². The summed E-state index contributed by atoms with van der Waals surface area (Å²) in [5.74, 6) is 0.915. The Bertz CT molecular complexity index is 601. The van der Waals surface area contributed by atoms with Crippen molar-refractivity contribution in [3.05, 3.63) is 53.3 Å². The van der Waals surface area contributed by atoms with Crippen molar-refractivity contribution in [2.24, 2.45) is 10.7 Å². The van der Waals surface area contributed by atoms with Crippen LogP contribution in [-0.2, 0) is 6.54 Å². The summed E-state index contributed by atoms with van der Waals surface area (Å²) in [7, 11) is 1.57. The van der Waals surface area contributed by atoms with E-state index in [9.17, 15) is 0 Å². The van der Waals surface area contributed by atoms with Crippen molar-refractivity contribution in [1.29, 1.82) is 0 Å². The molecule has 1 aromatic carbocycles. The van der Waals surface area contributed by atoms with Gasteiger partial charge in [-0.3, -0.25) is 4.98 Å². The lowest BCUT2D eigenvalue weighted by Crippen LogP contribution is -2.22. The van der Waals surface area contributed by atoms with Crippen molar-refractivity contribution in [2.75, 3.05) is 12.4 Å². The number of anilines is 1. The van der Waals surface area contributed by atoms with E-state index >= 15 is 0 Å². The molecule has 0 atom stereocenters. The Morgan fingerprint density at radius 2 is 2.25 bits per heavy atom. The zero-order valence-corrected chi connectivity index (χ0v) is 11.8. The predicted octanol–water partition coefficient (Wildman–Crippen LogP) is 2.67. The number of rotatable bonds is 4. The van der Waals surface area contributed by atoms with E-state index in [4.69, 9.17) is 22.1 Å². The van der Waals surface area contributed by atoms with E-state index in [0.29, 0.717) is 23.3 Å². The smallest absolute Gasteiger partial charge is 0.193 e. The lowest BCUT2D eigenvalue weighted by molar-refractivity contribution is 0.415. The average molecular weight is 291 g/mol. The van der Waals surface area contributed by atoms with Crippen molar-refractivity contribution < 1.29 is 4.74 Å². The first kappa shape index (κ1) is 14.1. The third-order valence-electron chi connectivity index (χ3n) is 2.56. The predicted molar refractivity (Wildman–Crippen MR) is 81.2 cm³/mol. The molecule has 1 heterocycles. The van der Waals surface area contributed by atoms with Gasteiger partial charge in [0, 0.05) is 11.9 Å². The van der Waals surface area contributed by atoms with Crippen molar-refractivity contribution >= 4 is 23.2 Å². The van der Waals surface area contributed by atoms with Crippen LogP contribution in [0.4, 0.5) is 5.69 Å². The molecule has 0 aliphatic carbocycles. The lowest BCUT2D eigenvalue weighted by Gasteiger charge is -2.08. The van der Waals surface area contributed by atoms with Gasteiger partial charge in [0.25, 0.3) is 0 Å². The highest BCUT2D eigenvalue weighted by Crippen LogP contribution is 2.26. The maximum atomic E-state index is 6.03. The minimum atomic E-state index is 0.303. The molecule has 0 radical (unpaired) electrons. The lowest BCUT2D eigenvalue weighted by atomic mass is 10.3. The van der Waals surface area contributed by atoms with Gasteiger partial charge in [0.15, 0.2) is 5.96 Å². The Labute approximate surface area is 122 Å². The van der Waals surface area contributed by atoms with Gasteiger partial charge in [0.1, 0.15) is 5.75 Å². The van der Waals surface area contributed by atoms with Gasteiger partial charge in [-0.05, 0) is 30.3 Å². The molecule has 0 unspecified atom stereocenters. The van der Waals surface area contributed by atoms with Gasteiger partial charge in [-0.25, -0.2) is 4.99 Å². The van der Waals surface area contributed by atoms with Gasteiger partial charge in [-0.2, -0.15) is 0 Å². The highest BCUT2D eigenvalue weighted by Gasteiger charge is 2.02. The van der Waals surface area contributed by atoms with Crippen LogP contribution in [0.3, 0.4) is 0 Å². The van der Waals surface area contributed by atoms with Crippen LogP contribution in [0.25, 0.3) is 0 Å². The summed E-state index contributed by atoms with van der Waals surface area (Å²) in [6.45, 7) is 0.420. The number of nitrogens with two attached hydrogens (primary N) is 1. The molecule has 2 rings (SSSR count).